The van der Waals surface area contributed by atoms with Crippen LogP contribution in [0.5, 0.6) is 0 Å². The zero-order chi connectivity index (χ0) is 26.0. The second-order valence-corrected chi connectivity index (χ2v) is 12.9. The molecule has 1 aromatic heterocycles. The molecule has 8 nitrogen and oxygen atoms in total. The number of piperidine rings is 1. The number of nitrogens with zero attached hydrogens (tertiary/aromatic N) is 2. The number of hydrogen-bond acceptors (Lipinski definition) is 6. The average Bonchev–Trinajstić information content (AvgIpc) is 2.77. The summed E-state index contributed by atoms with van der Waals surface area (Å²) in [6.45, 7) is 1.01. The number of aromatic nitrogens is 1. The number of carbonyl (C=O) groups excluding carboxylic acids is 1. The number of hydrogen-bond donors (Lipinski definition) is 1. The summed E-state index contributed by atoms with van der Waals surface area (Å²) in [6, 6.07) is 7.35. The van der Waals surface area contributed by atoms with E-state index in [1.807, 2.05) is 0 Å². The van der Waals surface area contributed by atoms with E-state index >= 15 is 4.39 Å². The summed E-state index contributed by atoms with van der Waals surface area (Å²) in [5.74, 6) is -0.926. The predicted octanol–water partition coefficient (Wildman–Crippen LogP) is 3.61. The normalized spacial score (nSPS) is 17.9. The van der Waals surface area contributed by atoms with E-state index in [0.29, 0.717) is 10.6 Å². The van der Waals surface area contributed by atoms with Crippen molar-refractivity contribution in [1.29, 1.82) is 0 Å². The molecule has 0 bridgehead atoms. The van der Waals surface area contributed by atoms with Crippen molar-refractivity contribution in [2.24, 2.45) is 0 Å². The van der Waals surface area contributed by atoms with Crippen LogP contribution in [0.15, 0.2) is 52.9 Å². The Labute approximate surface area is 214 Å². The average molecular weight is 564 g/mol. The number of nitrogens with one attached hydrogen (secondary N) is 1. The van der Waals surface area contributed by atoms with Crippen LogP contribution in [0.4, 0.5) is 4.39 Å². The maximum absolute atomic E-state index is 15.4. The first-order chi connectivity index (χ1) is 16.2. The van der Waals surface area contributed by atoms with Crippen LogP contribution in [-0.2, 0) is 24.7 Å². The molecule has 0 radical (unpaired) electrons. The van der Waals surface area contributed by atoms with Crippen molar-refractivity contribution in [3.8, 4) is 11.1 Å². The van der Waals surface area contributed by atoms with Gasteiger partial charge in [0.05, 0.1) is 0 Å². The molecule has 190 valence electrons. The third-order valence-corrected chi connectivity index (χ3v) is 8.62. The number of benzene rings is 1. The number of halogens is 3. The van der Waals surface area contributed by atoms with Crippen LogP contribution in [0.25, 0.3) is 11.1 Å². The number of sulfonamides is 1. The number of pyridine rings is 1. The van der Waals surface area contributed by atoms with Crippen molar-refractivity contribution >= 4 is 49.0 Å². The second-order valence-electron chi connectivity index (χ2n) is 8.27. The van der Waals surface area contributed by atoms with E-state index in [1.165, 1.54) is 19.1 Å². The van der Waals surface area contributed by atoms with Gasteiger partial charge in [-0.05, 0) is 19.1 Å². The number of sulfone groups is 1. The number of amides is 1. The van der Waals surface area contributed by atoms with Crippen molar-refractivity contribution in [3.63, 3.8) is 0 Å². The molecule has 3 rings (SSSR count). The van der Waals surface area contributed by atoms with E-state index in [-0.39, 0.29) is 41.5 Å². The Kier molecular flexibility index (Phi) is 8.27. The van der Waals surface area contributed by atoms with Crippen LogP contribution in [0.3, 0.4) is 0 Å². The Bertz CT molecular complexity index is 1360. The molecule has 0 spiro atoms. The molecule has 1 N–H and O–H groups in total. The first-order valence-corrected chi connectivity index (χ1v) is 14.7. The maximum atomic E-state index is 15.4. The van der Waals surface area contributed by atoms with Crippen LogP contribution in [0, 0.1) is 0 Å². The Morgan fingerprint density at radius 3 is 2.40 bits per heavy atom. The minimum Gasteiger partial charge on any atom is -0.347 e. The third-order valence-electron chi connectivity index (χ3n) is 5.51. The summed E-state index contributed by atoms with van der Waals surface area (Å²) in [5, 5.41) is 3.75. The summed E-state index contributed by atoms with van der Waals surface area (Å²) < 4.78 is 65.9. The van der Waals surface area contributed by atoms with Gasteiger partial charge in [-0.3, -0.25) is 4.79 Å². The molecule has 0 aliphatic carbocycles. The Hall–Kier alpha value is -2.05. The zero-order valence-corrected chi connectivity index (χ0v) is 22.1. The van der Waals surface area contributed by atoms with Crippen LogP contribution < -0.4 is 5.32 Å². The van der Waals surface area contributed by atoms with Crippen LogP contribution in [-0.4, -0.2) is 63.1 Å². The largest absolute Gasteiger partial charge is 0.347 e. The molecule has 1 aromatic carbocycles. The molecule has 13 heteroatoms. The molecule has 1 aliphatic heterocycles. The highest BCUT2D eigenvalue weighted by atomic mass is 35.5. The molecule has 1 amide bonds. The zero-order valence-electron chi connectivity index (χ0n) is 18.9. The lowest BCUT2D eigenvalue weighted by Crippen LogP contribution is -2.53. The Balaban J connectivity index is 1.79. The van der Waals surface area contributed by atoms with Gasteiger partial charge in [-0.2, -0.15) is 4.31 Å². The predicted molar refractivity (Wildman–Crippen MR) is 133 cm³/mol. The summed E-state index contributed by atoms with van der Waals surface area (Å²) in [7, 11) is -7.52. The van der Waals surface area contributed by atoms with Crippen LogP contribution >= 0.6 is 23.2 Å². The van der Waals surface area contributed by atoms with Gasteiger partial charge in [0, 0.05) is 66.0 Å². The van der Waals surface area contributed by atoms with Crippen molar-refractivity contribution in [2.75, 3.05) is 19.3 Å². The standard InChI is InChI=1S/C22H24Cl2FN3O5S2/c1-15(7-12-34(2,30)31)27-21(29)22(25)8-10-28(11-9-22)35(32,33)19-14-26-20(24)13-17(19)16-5-3-4-6-18(16)23/h3-7,12-15H,8-11H2,1-2H3,(H,27,29)/b12-7-/t15-/m1/s1. The molecular formula is C22H24Cl2FN3O5S2. The van der Waals surface area contributed by atoms with E-state index < -0.39 is 37.5 Å². The van der Waals surface area contributed by atoms with E-state index in [4.69, 9.17) is 23.2 Å². The van der Waals surface area contributed by atoms with E-state index in [9.17, 15) is 21.6 Å². The van der Waals surface area contributed by atoms with Gasteiger partial charge < -0.3 is 5.32 Å². The molecule has 2 heterocycles. The summed E-state index contributed by atoms with van der Waals surface area (Å²) in [4.78, 5) is 16.3. The highest BCUT2D eigenvalue weighted by molar-refractivity contribution is 7.93. The number of carbonyl (C=O) groups is 1. The van der Waals surface area contributed by atoms with Gasteiger partial charge >= 0.3 is 0 Å². The van der Waals surface area contributed by atoms with Crippen LogP contribution in [0.2, 0.25) is 10.2 Å². The summed E-state index contributed by atoms with van der Waals surface area (Å²) in [6.07, 6.45) is 2.63. The summed E-state index contributed by atoms with van der Waals surface area (Å²) >= 11 is 12.3. The highest BCUT2D eigenvalue weighted by Crippen LogP contribution is 2.37. The van der Waals surface area contributed by atoms with Crippen LogP contribution in [0.1, 0.15) is 19.8 Å². The fourth-order valence-corrected chi connectivity index (χ4v) is 6.10. The minimum absolute atomic E-state index is 0.0796. The summed E-state index contributed by atoms with van der Waals surface area (Å²) in [5.41, 5.74) is -1.59. The lowest BCUT2D eigenvalue weighted by molar-refractivity contribution is -0.135. The molecular weight excluding hydrogens is 540 g/mol. The molecule has 2 aromatic rings. The fourth-order valence-electron chi connectivity index (χ4n) is 3.60. The molecule has 1 atom stereocenters. The van der Waals surface area contributed by atoms with Gasteiger partial charge in [0.25, 0.3) is 5.91 Å². The van der Waals surface area contributed by atoms with Crippen molar-refractivity contribution in [3.05, 3.63) is 58.2 Å². The van der Waals surface area contributed by atoms with Crippen molar-refractivity contribution in [1.82, 2.24) is 14.6 Å². The molecule has 1 saturated heterocycles. The molecule has 0 unspecified atom stereocenters. The molecule has 1 aliphatic rings. The number of rotatable bonds is 7. The Morgan fingerprint density at radius 1 is 1.17 bits per heavy atom. The fraction of sp³-hybridized carbons (Fsp3) is 0.364. The third kappa shape index (κ3) is 6.59. The van der Waals surface area contributed by atoms with E-state index in [1.54, 1.807) is 24.3 Å². The van der Waals surface area contributed by atoms with Gasteiger partial charge in [0.2, 0.25) is 10.0 Å². The lowest BCUT2D eigenvalue weighted by Gasteiger charge is -2.35. The van der Waals surface area contributed by atoms with E-state index in [0.717, 1.165) is 22.2 Å². The topological polar surface area (TPSA) is 114 Å². The van der Waals surface area contributed by atoms with Crippen molar-refractivity contribution < 1.29 is 26.0 Å². The number of alkyl halides is 1. The second kappa shape index (κ2) is 10.5. The monoisotopic (exact) mass is 563 g/mol. The minimum atomic E-state index is -4.12. The van der Waals surface area contributed by atoms with E-state index in [2.05, 4.69) is 10.3 Å². The lowest BCUT2D eigenvalue weighted by atomic mass is 9.93. The first kappa shape index (κ1) is 27.5. The van der Waals surface area contributed by atoms with Gasteiger partial charge in [0.1, 0.15) is 10.0 Å². The first-order valence-electron chi connectivity index (χ1n) is 10.5. The Morgan fingerprint density at radius 2 is 1.80 bits per heavy atom. The molecule has 1 fully saturated rings. The van der Waals surface area contributed by atoms with Crippen molar-refractivity contribution in [2.45, 2.75) is 36.4 Å². The SMILES string of the molecule is C[C@H](/C=C\S(C)(=O)=O)NC(=O)C1(F)CCN(S(=O)(=O)c2cnc(Cl)cc2-c2ccccc2Cl)CC1. The highest BCUT2D eigenvalue weighted by Gasteiger charge is 2.45. The quantitative estimate of drug-likeness (QED) is 0.515. The van der Waals surface area contributed by atoms with Gasteiger partial charge in [-0.25, -0.2) is 26.2 Å². The maximum Gasteiger partial charge on any atom is 0.258 e. The van der Waals surface area contributed by atoms with Gasteiger partial charge in [0.15, 0.2) is 15.5 Å². The van der Waals surface area contributed by atoms with Gasteiger partial charge in [-0.1, -0.05) is 47.5 Å². The van der Waals surface area contributed by atoms with Gasteiger partial charge in [-0.15, -0.1) is 0 Å². The molecule has 0 saturated carbocycles. The molecule has 35 heavy (non-hydrogen) atoms. The smallest absolute Gasteiger partial charge is 0.258 e.